The molecule has 7 aromatic carbocycles. The van der Waals surface area contributed by atoms with E-state index in [9.17, 15) is 0 Å². The first-order chi connectivity index (χ1) is 21.3. The third-order valence-electron chi connectivity index (χ3n) is 9.09. The smallest absolute Gasteiger partial charge is 0.132 e. The summed E-state index contributed by atoms with van der Waals surface area (Å²) in [4.78, 5) is 2.35. The van der Waals surface area contributed by atoms with Gasteiger partial charge in [-0.25, -0.2) is 0 Å². The molecule has 1 aliphatic carbocycles. The number of hydrogen-bond donors (Lipinski definition) is 0. The molecule has 1 spiro atoms. The maximum atomic E-state index is 6.61. The van der Waals surface area contributed by atoms with Crippen LogP contribution in [0.25, 0.3) is 21.9 Å². The van der Waals surface area contributed by atoms with Crippen LogP contribution in [-0.4, -0.2) is 0 Å². The SMILES string of the molecule is c1ccc(N(c2ccccc2)c2ccc3c(c2)C2(c4ccccc4Oc4ccccc42)c2c-3ccc3ccccc23)cc1. The summed E-state index contributed by atoms with van der Waals surface area (Å²) in [6.07, 6.45) is 0. The van der Waals surface area contributed by atoms with Gasteiger partial charge in [-0.2, -0.15) is 0 Å². The minimum atomic E-state index is -0.550. The first-order valence-electron chi connectivity index (χ1n) is 14.8. The number of anilines is 3. The lowest BCUT2D eigenvalue weighted by Gasteiger charge is -2.40. The summed E-state index contributed by atoms with van der Waals surface area (Å²) in [5, 5.41) is 2.51. The molecule has 9 rings (SSSR count). The van der Waals surface area contributed by atoms with E-state index in [-0.39, 0.29) is 0 Å². The van der Waals surface area contributed by atoms with Crippen molar-refractivity contribution in [3.8, 4) is 22.6 Å². The standard InChI is InChI=1S/C41H27NO/c1-3-14-29(15-4-1)42(30-16-5-2-6-17-30)31-24-26-33-34-25-23-28-13-7-8-18-32(28)40(34)41(37(33)27-31)35-19-9-11-21-38(35)43-39-22-12-10-20-36(39)41/h1-27H. The van der Waals surface area contributed by atoms with E-state index in [1.54, 1.807) is 0 Å². The van der Waals surface area contributed by atoms with Crippen LogP contribution in [0, 0.1) is 0 Å². The largest absolute Gasteiger partial charge is 0.457 e. The second kappa shape index (κ2) is 9.20. The van der Waals surface area contributed by atoms with Crippen molar-refractivity contribution < 1.29 is 4.74 Å². The highest BCUT2D eigenvalue weighted by Crippen LogP contribution is 2.64. The van der Waals surface area contributed by atoms with Gasteiger partial charge in [-0.15, -0.1) is 0 Å². The molecule has 2 aliphatic rings. The van der Waals surface area contributed by atoms with Crippen molar-refractivity contribution >= 4 is 27.8 Å². The molecule has 0 unspecified atom stereocenters. The molecule has 0 bridgehead atoms. The molecule has 7 aromatic rings. The van der Waals surface area contributed by atoms with Crippen molar-refractivity contribution in [1.29, 1.82) is 0 Å². The van der Waals surface area contributed by atoms with E-state index < -0.39 is 5.41 Å². The van der Waals surface area contributed by atoms with E-state index in [0.29, 0.717) is 0 Å². The summed E-state index contributed by atoms with van der Waals surface area (Å²) >= 11 is 0. The lowest BCUT2D eigenvalue weighted by atomic mass is 9.65. The Labute approximate surface area is 251 Å². The molecule has 43 heavy (non-hydrogen) atoms. The van der Waals surface area contributed by atoms with Crippen molar-refractivity contribution in [2.75, 3.05) is 4.90 Å². The van der Waals surface area contributed by atoms with E-state index in [1.807, 2.05) is 0 Å². The molecule has 0 N–H and O–H groups in total. The highest BCUT2D eigenvalue weighted by Gasteiger charge is 2.52. The summed E-state index contributed by atoms with van der Waals surface area (Å²) in [5.74, 6) is 1.81. The number of hydrogen-bond acceptors (Lipinski definition) is 2. The average Bonchev–Trinajstić information content (AvgIpc) is 3.37. The van der Waals surface area contributed by atoms with E-state index in [0.717, 1.165) is 28.6 Å². The van der Waals surface area contributed by atoms with Gasteiger partial charge in [0.05, 0.1) is 5.41 Å². The summed E-state index contributed by atoms with van der Waals surface area (Å²) < 4.78 is 6.61. The predicted octanol–water partition coefficient (Wildman–Crippen LogP) is 10.8. The Kier molecular flexibility index (Phi) is 5.15. The molecular weight excluding hydrogens is 522 g/mol. The van der Waals surface area contributed by atoms with Crippen molar-refractivity contribution in [2.24, 2.45) is 0 Å². The average molecular weight is 550 g/mol. The Hall–Kier alpha value is -5.60. The van der Waals surface area contributed by atoms with Gasteiger partial charge in [0.25, 0.3) is 0 Å². The third kappa shape index (κ3) is 3.35. The molecule has 2 nitrogen and oxygen atoms in total. The lowest BCUT2D eigenvalue weighted by molar-refractivity contribution is 0.437. The molecule has 0 aromatic heterocycles. The molecule has 0 saturated heterocycles. The number of benzene rings is 7. The van der Waals surface area contributed by atoms with Crippen LogP contribution >= 0.6 is 0 Å². The highest BCUT2D eigenvalue weighted by molar-refractivity contribution is 6.01. The quantitative estimate of drug-likeness (QED) is 0.217. The van der Waals surface area contributed by atoms with Gasteiger partial charge in [0, 0.05) is 28.2 Å². The van der Waals surface area contributed by atoms with Gasteiger partial charge in [-0.1, -0.05) is 115 Å². The molecule has 1 aliphatic heterocycles. The Morgan fingerprint density at radius 2 is 0.977 bits per heavy atom. The number of para-hydroxylation sites is 4. The van der Waals surface area contributed by atoms with Crippen molar-refractivity contribution in [1.82, 2.24) is 0 Å². The summed E-state index contributed by atoms with van der Waals surface area (Å²) in [7, 11) is 0. The number of fused-ring (bicyclic) bond motifs is 11. The maximum Gasteiger partial charge on any atom is 0.132 e. The van der Waals surface area contributed by atoms with Gasteiger partial charge in [0.15, 0.2) is 0 Å². The molecular formula is C41H27NO. The Morgan fingerprint density at radius 3 is 1.65 bits per heavy atom. The zero-order valence-electron chi connectivity index (χ0n) is 23.4. The minimum absolute atomic E-state index is 0.550. The zero-order chi connectivity index (χ0) is 28.4. The van der Waals surface area contributed by atoms with E-state index in [2.05, 4.69) is 169 Å². The minimum Gasteiger partial charge on any atom is -0.457 e. The summed E-state index contributed by atoms with van der Waals surface area (Å²) in [5.41, 5.74) is 10.3. The first kappa shape index (κ1) is 24.0. The fourth-order valence-electron chi connectivity index (χ4n) is 7.41. The number of rotatable bonds is 3. The molecule has 202 valence electrons. The zero-order valence-corrected chi connectivity index (χ0v) is 23.4. The highest BCUT2D eigenvalue weighted by atomic mass is 16.5. The van der Waals surface area contributed by atoms with Gasteiger partial charge < -0.3 is 9.64 Å². The molecule has 0 fully saturated rings. The summed E-state index contributed by atoms with van der Waals surface area (Å²) in [6, 6.07) is 58.8. The fourth-order valence-corrected chi connectivity index (χ4v) is 7.41. The fraction of sp³-hybridized carbons (Fsp3) is 0.0244. The van der Waals surface area contributed by atoms with Crippen LogP contribution in [0.4, 0.5) is 17.1 Å². The third-order valence-corrected chi connectivity index (χ3v) is 9.09. The van der Waals surface area contributed by atoms with Gasteiger partial charge in [0.1, 0.15) is 11.5 Å². The second-order valence-corrected chi connectivity index (χ2v) is 11.3. The van der Waals surface area contributed by atoms with Crippen LogP contribution in [0.1, 0.15) is 22.3 Å². The molecule has 0 saturated carbocycles. The molecule has 1 heterocycles. The topological polar surface area (TPSA) is 12.5 Å². The van der Waals surface area contributed by atoms with Crippen molar-refractivity contribution in [3.63, 3.8) is 0 Å². The maximum absolute atomic E-state index is 6.61. The molecule has 0 radical (unpaired) electrons. The Bertz CT molecular complexity index is 2080. The van der Waals surface area contributed by atoms with E-state index >= 15 is 0 Å². The Morgan fingerprint density at radius 1 is 0.419 bits per heavy atom. The van der Waals surface area contributed by atoms with Crippen molar-refractivity contribution in [3.05, 3.63) is 186 Å². The van der Waals surface area contributed by atoms with Crippen LogP contribution in [0.5, 0.6) is 11.5 Å². The normalized spacial score (nSPS) is 13.5. The van der Waals surface area contributed by atoms with E-state index in [1.165, 1.54) is 44.2 Å². The molecule has 0 atom stereocenters. The van der Waals surface area contributed by atoms with Gasteiger partial charge in [-0.05, 0) is 81.6 Å². The first-order valence-corrected chi connectivity index (χ1v) is 14.8. The lowest BCUT2D eigenvalue weighted by Crippen LogP contribution is -2.32. The van der Waals surface area contributed by atoms with Crippen LogP contribution in [0.2, 0.25) is 0 Å². The van der Waals surface area contributed by atoms with Crippen LogP contribution in [-0.2, 0) is 5.41 Å². The van der Waals surface area contributed by atoms with Gasteiger partial charge in [0.2, 0.25) is 0 Å². The predicted molar refractivity (Wildman–Crippen MR) is 176 cm³/mol. The van der Waals surface area contributed by atoms with Crippen LogP contribution in [0.15, 0.2) is 164 Å². The number of ether oxygens (including phenoxy) is 1. The van der Waals surface area contributed by atoms with Crippen LogP contribution < -0.4 is 9.64 Å². The van der Waals surface area contributed by atoms with Gasteiger partial charge >= 0.3 is 0 Å². The van der Waals surface area contributed by atoms with Crippen molar-refractivity contribution in [2.45, 2.75) is 5.41 Å². The second-order valence-electron chi connectivity index (χ2n) is 11.3. The number of nitrogens with zero attached hydrogens (tertiary/aromatic N) is 1. The molecule has 0 amide bonds. The molecule has 2 heteroatoms. The monoisotopic (exact) mass is 549 g/mol. The summed E-state index contributed by atoms with van der Waals surface area (Å²) in [6.45, 7) is 0. The van der Waals surface area contributed by atoms with Crippen LogP contribution in [0.3, 0.4) is 0 Å². The Balaban J connectivity index is 1.42. The van der Waals surface area contributed by atoms with Gasteiger partial charge in [-0.3, -0.25) is 0 Å². The van der Waals surface area contributed by atoms with E-state index in [4.69, 9.17) is 4.74 Å².